The van der Waals surface area contributed by atoms with Crippen LogP contribution in [0.5, 0.6) is 0 Å². The maximum absolute atomic E-state index is 14.0. The second-order valence-electron chi connectivity index (χ2n) is 6.36. The topological polar surface area (TPSA) is 70.6 Å². The van der Waals surface area contributed by atoms with E-state index in [1.165, 1.54) is 12.1 Å². The van der Waals surface area contributed by atoms with Crippen LogP contribution in [-0.2, 0) is 4.84 Å². The smallest absolute Gasteiger partial charge is 0.276 e. The third-order valence-corrected chi connectivity index (χ3v) is 5.89. The van der Waals surface area contributed by atoms with E-state index < -0.39 is 17.3 Å². The largest absolute Gasteiger partial charge is 0.387 e. The van der Waals surface area contributed by atoms with E-state index in [0.717, 1.165) is 9.99 Å². The van der Waals surface area contributed by atoms with E-state index in [-0.39, 0.29) is 22.3 Å². The van der Waals surface area contributed by atoms with Crippen LogP contribution in [0.4, 0.5) is 15.8 Å². The highest BCUT2D eigenvalue weighted by molar-refractivity contribution is 14.1. The van der Waals surface area contributed by atoms with Crippen molar-refractivity contribution in [3.63, 3.8) is 0 Å². The molecule has 2 aromatic rings. The summed E-state index contributed by atoms with van der Waals surface area (Å²) in [6, 6.07) is 7.89. The number of hydroxylamine groups is 1. The van der Waals surface area contributed by atoms with Gasteiger partial charge in [-0.05, 0) is 88.1 Å². The summed E-state index contributed by atoms with van der Waals surface area (Å²) in [4.78, 5) is 17.7. The lowest BCUT2D eigenvalue weighted by Gasteiger charge is -2.35. The number of hydrogen-bond donors (Lipinski definition) is 3. The van der Waals surface area contributed by atoms with Crippen LogP contribution in [0.15, 0.2) is 34.8 Å². The highest BCUT2D eigenvalue weighted by Crippen LogP contribution is 2.32. The van der Waals surface area contributed by atoms with Gasteiger partial charge in [0.15, 0.2) is 0 Å². The SMILES string of the molecule is O=C(NOCC1(O)CCC1)c1cc(Br)c(F)cc1Nc1ccc(I)cc1Cl. The summed E-state index contributed by atoms with van der Waals surface area (Å²) in [5.74, 6) is -1.09. The number of aliphatic hydroxyl groups is 1. The number of hydrogen-bond acceptors (Lipinski definition) is 4. The Hall–Kier alpha value is -0.940. The Balaban J connectivity index is 1.78. The summed E-state index contributed by atoms with van der Waals surface area (Å²) in [6.07, 6.45) is 2.22. The summed E-state index contributed by atoms with van der Waals surface area (Å²) < 4.78 is 15.1. The van der Waals surface area contributed by atoms with Crippen molar-refractivity contribution in [2.75, 3.05) is 11.9 Å². The molecule has 1 aliphatic carbocycles. The molecule has 27 heavy (non-hydrogen) atoms. The molecule has 144 valence electrons. The predicted molar refractivity (Wildman–Crippen MR) is 114 cm³/mol. The molecule has 3 rings (SSSR count). The van der Waals surface area contributed by atoms with Gasteiger partial charge in [-0.15, -0.1) is 0 Å². The van der Waals surface area contributed by atoms with Crippen LogP contribution in [0, 0.1) is 9.39 Å². The summed E-state index contributed by atoms with van der Waals surface area (Å²) in [5.41, 5.74) is 2.36. The molecular weight excluding hydrogens is 553 g/mol. The molecule has 0 bridgehead atoms. The monoisotopic (exact) mass is 568 g/mol. The Morgan fingerprint density at radius 3 is 2.70 bits per heavy atom. The van der Waals surface area contributed by atoms with Crippen LogP contribution in [0.25, 0.3) is 0 Å². The lowest BCUT2D eigenvalue weighted by Crippen LogP contribution is -2.44. The first-order valence-corrected chi connectivity index (χ1v) is 10.4. The van der Waals surface area contributed by atoms with Gasteiger partial charge in [-0.2, -0.15) is 0 Å². The van der Waals surface area contributed by atoms with E-state index in [2.05, 4.69) is 49.3 Å². The molecule has 5 nitrogen and oxygen atoms in total. The summed E-state index contributed by atoms with van der Waals surface area (Å²) in [5, 5.41) is 13.4. The molecule has 9 heteroatoms. The zero-order chi connectivity index (χ0) is 19.6. The lowest BCUT2D eigenvalue weighted by molar-refractivity contribution is -0.113. The van der Waals surface area contributed by atoms with Crippen molar-refractivity contribution in [2.45, 2.75) is 24.9 Å². The first-order valence-electron chi connectivity index (χ1n) is 8.13. The van der Waals surface area contributed by atoms with Crippen molar-refractivity contribution in [2.24, 2.45) is 0 Å². The number of nitrogens with one attached hydrogen (secondary N) is 2. The summed E-state index contributed by atoms with van der Waals surface area (Å²) in [7, 11) is 0. The number of halogens is 4. The van der Waals surface area contributed by atoms with Gasteiger partial charge in [-0.25, -0.2) is 9.87 Å². The van der Waals surface area contributed by atoms with Gasteiger partial charge in [0, 0.05) is 3.57 Å². The lowest BCUT2D eigenvalue weighted by atomic mass is 9.81. The zero-order valence-corrected chi connectivity index (χ0v) is 18.5. The van der Waals surface area contributed by atoms with Crippen LogP contribution in [0.2, 0.25) is 5.02 Å². The highest BCUT2D eigenvalue weighted by atomic mass is 127. The third kappa shape index (κ3) is 5.11. The van der Waals surface area contributed by atoms with E-state index in [1.54, 1.807) is 12.1 Å². The normalized spacial score (nSPS) is 15.1. The quantitative estimate of drug-likeness (QED) is 0.332. The standard InChI is InChI=1S/C18H16BrClFIN2O3/c19-12-7-11(17(25)24-27-9-18(26)4-1-5-18)16(8-14(12)21)23-15-3-2-10(22)6-13(15)20/h2-3,6-8,23,26H,1,4-5,9H2,(H,24,25). The average molecular weight is 570 g/mol. The first-order chi connectivity index (χ1) is 12.8. The molecule has 0 aromatic heterocycles. The highest BCUT2D eigenvalue weighted by Gasteiger charge is 2.35. The number of benzene rings is 2. The van der Waals surface area contributed by atoms with Gasteiger partial charge >= 0.3 is 0 Å². The average Bonchev–Trinajstić information content (AvgIpc) is 2.58. The second kappa shape index (κ2) is 8.60. The van der Waals surface area contributed by atoms with E-state index in [4.69, 9.17) is 16.4 Å². The minimum atomic E-state index is -0.882. The fourth-order valence-corrected chi connectivity index (χ4v) is 3.84. The van der Waals surface area contributed by atoms with Crippen molar-refractivity contribution in [1.29, 1.82) is 0 Å². The predicted octanol–water partition coefficient (Wildman–Crippen LogP) is 5.17. The van der Waals surface area contributed by atoms with Crippen LogP contribution in [-0.4, -0.2) is 23.2 Å². The molecule has 0 heterocycles. The number of carbonyl (C=O) groups excluding carboxylic acids is 1. The van der Waals surface area contributed by atoms with Gasteiger partial charge in [0.2, 0.25) is 0 Å². The Morgan fingerprint density at radius 2 is 2.07 bits per heavy atom. The van der Waals surface area contributed by atoms with E-state index in [1.807, 2.05) is 6.07 Å². The van der Waals surface area contributed by atoms with Crippen molar-refractivity contribution in [3.05, 3.63) is 54.8 Å². The van der Waals surface area contributed by atoms with E-state index in [0.29, 0.717) is 23.6 Å². The van der Waals surface area contributed by atoms with Crippen molar-refractivity contribution in [1.82, 2.24) is 5.48 Å². The molecule has 0 aliphatic heterocycles. The minimum Gasteiger partial charge on any atom is -0.387 e. The molecule has 0 radical (unpaired) electrons. The van der Waals surface area contributed by atoms with Crippen LogP contribution in [0.3, 0.4) is 0 Å². The number of carbonyl (C=O) groups is 1. The van der Waals surface area contributed by atoms with Gasteiger partial charge in [0.05, 0.1) is 32.0 Å². The first kappa shape index (κ1) is 20.8. The van der Waals surface area contributed by atoms with Crippen molar-refractivity contribution < 1.29 is 19.1 Å². The summed E-state index contributed by atoms with van der Waals surface area (Å²) in [6.45, 7) is 0.00676. The maximum atomic E-state index is 14.0. The number of rotatable bonds is 6. The van der Waals surface area contributed by atoms with Crippen LogP contribution >= 0.6 is 50.1 Å². The van der Waals surface area contributed by atoms with Gasteiger partial charge in [0.1, 0.15) is 12.4 Å². The Kier molecular flexibility index (Phi) is 6.62. The third-order valence-electron chi connectivity index (χ3n) is 4.30. The zero-order valence-electron chi connectivity index (χ0n) is 14.0. The molecule has 2 aromatic carbocycles. The molecule has 0 saturated heterocycles. The molecule has 1 saturated carbocycles. The van der Waals surface area contributed by atoms with E-state index in [9.17, 15) is 14.3 Å². The molecule has 0 atom stereocenters. The van der Waals surface area contributed by atoms with Crippen LogP contribution in [0.1, 0.15) is 29.6 Å². The molecule has 0 spiro atoms. The fourth-order valence-electron chi connectivity index (χ4n) is 2.59. The number of amides is 1. The maximum Gasteiger partial charge on any atom is 0.276 e. The Bertz CT molecular complexity index is 880. The molecule has 1 amide bonds. The van der Waals surface area contributed by atoms with Gasteiger partial charge in [0.25, 0.3) is 5.91 Å². The van der Waals surface area contributed by atoms with Crippen molar-refractivity contribution >= 4 is 67.4 Å². The Labute approximate surface area is 182 Å². The second-order valence-corrected chi connectivity index (χ2v) is 8.87. The van der Waals surface area contributed by atoms with Crippen molar-refractivity contribution in [3.8, 4) is 0 Å². The molecule has 3 N–H and O–H groups in total. The van der Waals surface area contributed by atoms with E-state index >= 15 is 0 Å². The van der Waals surface area contributed by atoms with Crippen LogP contribution < -0.4 is 10.8 Å². The van der Waals surface area contributed by atoms with Gasteiger partial charge in [-0.1, -0.05) is 11.6 Å². The summed E-state index contributed by atoms with van der Waals surface area (Å²) >= 11 is 11.4. The fraction of sp³-hybridized carbons (Fsp3) is 0.278. The van der Waals surface area contributed by atoms with Gasteiger partial charge < -0.3 is 10.4 Å². The molecule has 1 fully saturated rings. The van der Waals surface area contributed by atoms with Gasteiger partial charge in [-0.3, -0.25) is 9.63 Å². The minimum absolute atomic E-state index is 0.00676. The Morgan fingerprint density at radius 1 is 1.33 bits per heavy atom. The number of anilines is 2. The molecule has 0 unspecified atom stereocenters. The molecule has 1 aliphatic rings. The molecular formula is C18H16BrClFIN2O3.